The Morgan fingerprint density at radius 3 is 2.17 bits per heavy atom. The van der Waals surface area contributed by atoms with E-state index in [0.29, 0.717) is 11.5 Å². The Balaban J connectivity index is 2.24. The molecule has 0 amide bonds. The van der Waals surface area contributed by atoms with Crippen molar-refractivity contribution >= 4 is 17.6 Å². The van der Waals surface area contributed by atoms with E-state index in [-0.39, 0.29) is 23.8 Å². The number of hydrogen-bond donors (Lipinski definition) is 1. The minimum absolute atomic E-state index is 0.0714. The second kappa shape index (κ2) is 8.89. The first-order valence-corrected chi connectivity index (χ1v) is 9.44. The summed E-state index contributed by atoms with van der Waals surface area (Å²) in [4.78, 5) is 49.5. The summed E-state index contributed by atoms with van der Waals surface area (Å²) in [6.07, 6.45) is 0. The van der Waals surface area contributed by atoms with Crippen LogP contribution < -0.4 is 17.0 Å². The molecule has 1 aromatic carbocycles. The number of nitrogen functional groups attached to an aromatic ring is 1. The molecule has 8 nitrogen and oxygen atoms in total. The van der Waals surface area contributed by atoms with Gasteiger partial charge in [-0.2, -0.15) is 0 Å². The number of anilines is 1. The van der Waals surface area contributed by atoms with Crippen LogP contribution in [0.25, 0.3) is 0 Å². The van der Waals surface area contributed by atoms with Crippen LogP contribution in [0.3, 0.4) is 0 Å². The molecule has 2 N–H and O–H groups in total. The quantitative estimate of drug-likeness (QED) is 0.560. The number of aromatic nitrogens is 2. The van der Waals surface area contributed by atoms with Crippen molar-refractivity contribution in [3.05, 3.63) is 61.8 Å². The van der Waals surface area contributed by atoms with Gasteiger partial charge in [-0.3, -0.25) is 18.7 Å². The third-order valence-electron chi connectivity index (χ3n) is 4.56. The molecule has 1 aromatic heterocycles. The predicted molar refractivity (Wildman–Crippen MR) is 110 cm³/mol. The first-order valence-electron chi connectivity index (χ1n) is 9.44. The van der Waals surface area contributed by atoms with Crippen molar-refractivity contribution in [1.29, 1.82) is 0 Å². The fourth-order valence-electron chi connectivity index (χ4n) is 2.88. The minimum atomic E-state index is -0.810. The van der Waals surface area contributed by atoms with Crippen molar-refractivity contribution in [3.63, 3.8) is 0 Å². The van der Waals surface area contributed by atoms with Gasteiger partial charge in [0.25, 0.3) is 5.56 Å². The molecule has 0 aliphatic heterocycles. The minimum Gasteiger partial charge on any atom is -0.454 e. The second-order valence-electron chi connectivity index (χ2n) is 7.69. The van der Waals surface area contributed by atoms with Gasteiger partial charge in [0, 0.05) is 13.6 Å². The standard InChI is InChI=1S/C21H27N3O5/c1-12(2)10-24-18(22)17(19(26)23(5)21(24)28)16(25)11-29-20(27)15-8-6-14(7-9-15)13(3)4/h6-9,12-13H,10-11,22H2,1-5H3. The molecule has 2 rings (SSSR count). The van der Waals surface area contributed by atoms with Crippen molar-refractivity contribution in [2.45, 2.75) is 40.2 Å². The summed E-state index contributed by atoms with van der Waals surface area (Å²) < 4.78 is 7.08. The molecule has 29 heavy (non-hydrogen) atoms. The Hall–Kier alpha value is -3.16. The number of hydrogen-bond acceptors (Lipinski definition) is 6. The average Bonchev–Trinajstić information content (AvgIpc) is 2.67. The van der Waals surface area contributed by atoms with E-state index in [4.69, 9.17) is 10.5 Å². The normalized spacial score (nSPS) is 11.1. The molecule has 0 fully saturated rings. The lowest BCUT2D eigenvalue weighted by Gasteiger charge is -2.16. The molecule has 1 heterocycles. The van der Waals surface area contributed by atoms with E-state index in [1.165, 1.54) is 11.6 Å². The second-order valence-corrected chi connectivity index (χ2v) is 7.69. The molecule has 0 saturated heterocycles. The van der Waals surface area contributed by atoms with Gasteiger partial charge in [0.1, 0.15) is 11.4 Å². The summed E-state index contributed by atoms with van der Waals surface area (Å²) in [7, 11) is 1.28. The molecule has 156 valence electrons. The van der Waals surface area contributed by atoms with Gasteiger partial charge >= 0.3 is 11.7 Å². The van der Waals surface area contributed by atoms with Crippen LogP contribution in [0.4, 0.5) is 5.82 Å². The molecule has 0 unspecified atom stereocenters. The van der Waals surface area contributed by atoms with Gasteiger partial charge in [-0.05, 0) is 29.5 Å². The summed E-state index contributed by atoms with van der Waals surface area (Å²) in [6.45, 7) is 7.44. The number of ketones is 1. The highest BCUT2D eigenvalue weighted by Crippen LogP contribution is 2.15. The monoisotopic (exact) mass is 401 g/mol. The Kier molecular flexibility index (Phi) is 6.79. The van der Waals surface area contributed by atoms with E-state index in [2.05, 4.69) is 0 Å². The summed E-state index contributed by atoms with van der Waals surface area (Å²) in [5.41, 5.74) is 5.56. The fraction of sp³-hybridized carbons (Fsp3) is 0.429. The van der Waals surface area contributed by atoms with Crippen molar-refractivity contribution in [3.8, 4) is 0 Å². The van der Waals surface area contributed by atoms with E-state index >= 15 is 0 Å². The Bertz CT molecular complexity index is 1030. The number of nitrogens with zero attached hydrogens (tertiary/aromatic N) is 2. The van der Waals surface area contributed by atoms with Gasteiger partial charge in [0.15, 0.2) is 6.61 Å². The van der Waals surface area contributed by atoms with E-state index in [1.807, 2.05) is 39.8 Å². The van der Waals surface area contributed by atoms with Gasteiger partial charge in [-0.15, -0.1) is 0 Å². The number of rotatable bonds is 7. The third-order valence-corrected chi connectivity index (χ3v) is 4.56. The summed E-state index contributed by atoms with van der Waals surface area (Å²) in [6, 6.07) is 6.88. The number of nitrogens with two attached hydrogens (primary N) is 1. The lowest BCUT2D eigenvalue weighted by atomic mass is 10.0. The van der Waals surface area contributed by atoms with Gasteiger partial charge in [0.2, 0.25) is 5.78 Å². The van der Waals surface area contributed by atoms with Gasteiger partial charge < -0.3 is 10.5 Å². The van der Waals surface area contributed by atoms with Gasteiger partial charge in [-0.25, -0.2) is 9.59 Å². The molecule has 0 aliphatic rings. The zero-order chi connectivity index (χ0) is 21.9. The van der Waals surface area contributed by atoms with Gasteiger partial charge in [-0.1, -0.05) is 39.8 Å². The molecule has 0 atom stereocenters. The molecule has 2 aromatic rings. The smallest absolute Gasteiger partial charge is 0.338 e. The molecule has 0 radical (unpaired) electrons. The van der Waals surface area contributed by atoms with E-state index in [9.17, 15) is 19.2 Å². The summed E-state index contributed by atoms with van der Waals surface area (Å²) in [5.74, 6) is -1.26. The Labute approximate surface area is 168 Å². The number of ether oxygens (including phenoxy) is 1. The molecular weight excluding hydrogens is 374 g/mol. The van der Waals surface area contributed by atoms with Crippen molar-refractivity contribution < 1.29 is 14.3 Å². The van der Waals surface area contributed by atoms with Crippen LogP contribution in [0.15, 0.2) is 33.9 Å². The highest BCUT2D eigenvalue weighted by Gasteiger charge is 2.23. The van der Waals surface area contributed by atoms with Crippen molar-refractivity contribution in [2.75, 3.05) is 12.3 Å². The van der Waals surface area contributed by atoms with Crippen LogP contribution >= 0.6 is 0 Å². The molecule has 0 bridgehead atoms. The van der Waals surface area contributed by atoms with Crippen LogP contribution in [0, 0.1) is 5.92 Å². The maximum Gasteiger partial charge on any atom is 0.338 e. The summed E-state index contributed by atoms with van der Waals surface area (Å²) >= 11 is 0. The van der Waals surface area contributed by atoms with Crippen LogP contribution in [-0.4, -0.2) is 27.5 Å². The van der Waals surface area contributed by atoms with Crippen LogP contribution in [0.1, 0.15) is 59.9 Å². The number of carbonyl (C=O) groups excluding carboxylic acids is 2. The highest BCUT2D eigenvalue weighted by molar-refractivity contribution is 6.02. The van der Waals surface area contributed by atoms with Crippen molar-refractivity contribution in [1.82, 2.24) is 9.13 Å². The maximum atomic E-state index is 12.6. The van der Waals surface area contributed by atoms with Crippen LogP contribution in [0.5, 0.6) is 0 Å². The number of esters is 1. The number of benzene rings is 1. The fourth-order valence-corrected chi connectivity index (χ4v) is 2.88. The van der Waals surface area contributed by atoms with E-state index in [1.54, 1.807) is 12.1 Å². The zero-order valence-corrected chi connectivity index (χ0v) is 17.4. The van der Waals surface area contributed by atoms with E-state index in [0.717, 1.165) is 10.1 Å². The number of Topliss-reactive ketones (excluding diaryl/α,β-unsaturated/α-hetero) is 1. The van der Waals surface area contributed by atoms with Gasteiger partial charge in [0.05, 0.1) is 5.56 Å². The first-order chi connectivity index (χ1) is 13.5. The third kappa shape index (κ3) is 4.82. The predicted octanol–water partition coefficient (Wildman–Crippen LogP) is 1.95. The molecule has 0 saturated carbocycles. The largest absolute Gasteiger partial charge is 0.454 e. The molecular formula is C21H27N3O5. The first kappa shape index (κ1) is 22.1. The Morgan fingerprint density at radius 1 is 1.07 bits per heavy atom. The van der Waals surface area contributed by atoms with Crippen molar-refractivity contribution in [2.24, 2.45) is 13.0 Å². The van der Waals surface area contributed by atoms with Crippen LogP contribution in [0.2, 0.25) is 0 Å². The average molecular weight is 401 g/mol. The zero-order valence-electron chi connectivity index (χ0n) is 17.4. The maximum absolute atomic E-state index is 12.6. The molecule has 0 spiro atoms. The SMILES string of the molecule is CC(C)Cn1c(N)c(C(=O)COC(=O)c2ccc(C(C)C)cc2)c(=O)n(C)c1=O. The molecule has 8 heteroatoms. The lowest BCUT2D eigenvalue weighted by molar-refractivity contribution is 0.0474. The summed E-state index contributed by atoms with van der Waals surface area (Å²) in [5, 5.41) is 0. The highest BCUT2D eigenvalue weighted by atomic mass is 16.5. The number of carbonyl (C=O) groups is 2. The lowest BCUT2D eigenvalue weighted by Crippen LogP contribution is -2.43. The topological polar surface area (TPSA) is 113 Å². The van der Waals surface area contributed by atoms with Crippen LogP contribution in [-0.2, 0) is 18.3 Å². The van der Waals surface area contributed by atoms with E-state index < -0.39 is 29.6 Å². The molecule has 0 aliphatic carbocycles. The Morgan fingerprint density at radius 2 is 1.66 bits per heavy atom.